The molecule has 148 valence electrons. The summed E-state index contributed by atoms with van der Waals surface area (Å²) in [5, 5.41) is 14.0. The molecule has 0 aliphatic carbocycles. The number of pyridine rings is 1. The molecule has 1 aliphatic rings. The number of anilines is 4. The summed E-state index contributed by atoms with van der Waals surface area (Å²) in [7, 11) is 0. The first-order valence-corrected chi connectivity index (χ1v) is 8.81. The van der Waals surface area contributed by atoms with Crippen molar-refractivity contribution in [1.29, 1.82) is 0 Å². The highest BCUT2D eigenvalue weighted by molar-refractivity contribution is 6.31. The minimum Gasteiger partial charge on any atom is -0.465 e. The Kier molecular flexibility index (Phi) is 5.64. The SMILES string of the molecule is Nc1nc(N)c(C(=O)Nc2cnccc2N2CCCC(NC(=O)O)C2)nc1Cl. The normalized spacial score (nSPS) is 16.5. The molecule has 1 aliphatic heterocycles. The number of amides is 2. The third-order valence-corrected chi connectivity index (χ3v) is 4.53. The van der Waals surface area contributed by atoms with Gasteiger partial charge in [0.25, 0.3) is 5.91 Å². The molecule has 12 heteroatoms. The van der Waals surface area contributed by atoms with E-state index in [2.05, 4.69) is 25.6 Å². The average molecular weight is 407 g/mol. The summed E-state index contributed by atoms with van der Waals surface area (Å²) < 4.78 is 0. The Labute approximate surface area is 165 Å². The van der Waals surface area contributed by atoms with E-state index in [0.29, 0.717) is 24.5 Å². The van der Waals surface area contributed by atoms with E-state index in [0.717, 1.165) is 12.8 Å². The molecule has 0 saturated carbocycles. The van der Waals surface area contributed by atoms with Gasteiger partial charge in [0.15, 0.2) is 22.5 Å². The summed E-state index contributed by atoms with van der Waals surface area (Å²) in [6, 6.07) is 1.53. The maximum absolute atomic E-state index is 12.6. The van der Waals surface area contributed by atoms with Crippen LogP contribution < -0.4 is 27.0 Å². The van der Waals surface area contributed by atoms with Crippen LogP contribution in [-0.4, -0.2) is 51.2 Å². The molecule has 1 atom stereocenters. The molecule has 3 heterocycles. The molecular formula is C16H19ClN8O3. The first kappa shape index (κ1) is 19.4. The fraction of sp³-hybridized carbons (Fsp3) is 0.312. The van der Waals surface area contributed by atoms with Gasteiger partial charge in [-0.25, -0.2) is 14.8 Å². The quantitative estimate of drug-likeness (QED) is 0.499. The number of nitrogen functional groups attached to an aromatic ring is 2. The van der Waals surface area contributed by atoms with Gasteiger partial charge in [0, 0.05) is 25.3 Å². The first-order chi connectivity index (χ1) is 13.3. The molecule has 1 fully saturated rings. The van der Waals surface area contributed by atoms with E-state index in [4.69, 9.17) is 28.2 Å². The molecule has 0 spiro atoms. The lowest BCUT2D eigenvalue weighted by molar-refractivity contribution is 0.102. The topological polar surface area (TPSA) is 172 Å². The lowest BCUT2D eigenvalue weighted by Gasteiger charge is -2.35. The number of rotatable bonds is 4. The predicted molar refractivity (Wildman–Crippen MR) is 104 cm³/mol. The Morgan fingerprint density at radius 2 is 2.07 bits per heavy atom. The van der Waals surface area contributed by atoms with Gasteiger partial charge in [-0.15, -0.1) is 0 Å². The molecule has 2 amide bonds. The zero-order chi connectivity index (χ0) is 20.3. The highest BCUT2D eigenvalue weighted by atomic mass is 35.5. The maximum atomic E-state index is 12.6. The highest BCUT2D eigenvalue weighted by Gasteiger charge is 2.24. The number of carboxylic acid groups (broad SMARTS) is 1. The van der Waals surface area contributed by atoms with Crippen molar-refractivity contribution in [3.8, 4) is 0 Å². The predicted octanol–water partition coefficient (Wildman–Crippen LogP) is 1.18. The van der Waals surface area contributed by atoms with Gasteiger partial charge in [-0.3, -0.25) is 9.78 Å². The number of carbonyl (C=O) groups is 2. The number of hydrogen-bond acceptors (Lipinski definition) is 8. The average Bonchev–Trinajstić information content (AvgIpc) is 2.64. The first-order valence-electron chi connectivity index (χ1n) is 8.43. The van der Waals surface area contributed by atoms with Crippen LogP contribution in [0.4, 0.5) is 27.8 Å². The molecule has 0 radical (unpaired) electrons. The van der Waals surface area contributed by atoms with Crippen molar-refractivity contribution < 1.29 is 14.7 Å². The fourth-order valence-electron chi connectivity index (χ4n) is 3.04. The number of carbonyl (C=O) groups excluding carboxylic acids is 1. The van der Waals surface area contributed by atoms with Crippen LogP contribution in [0.5, 0.6) is 0 Å². The van der Waals surface area contributed by atoms with Gasteiger partial charge in [-0.2, -0.15) is 0 Å². The minimum absolute atomic E-state index is 0.0666. The number of hydrogen-bond donors (Lipinski definition) is 5. The molecule has 0 aromatic carbocycles. The zero-order valence-corrected chi connectivity index (χ0v) is 15.5. The smallest absolute Gasteiger partial charge is 0.404 e. The Balaban J connectivity index is 1.82. The molecule has 11 nitrogen and oxygen atoms in total. The van der Waals surface area contributed by atoms with Crippen molar-refractivity contribution in [2.45, 2.75) is 18.9 Å². The lowest BCUT2D eigenvalue weighted by Crippen LogP contribution is -2.47. The fourth-order valence-corrected chi connectivity index (χ4v) is 3.16. The molecule has 28 heavy (non-hydrogen) atoms. The molecule has 7 N–H and O–H groups in total. The van der Waals surface area contributed by atoms with Crippen molar-refractivity contribution in [2.75, 3.05) is 34.8 Å². The van der Waals surface area contributed by atoms with Gasteiger partial charge in [-0.1, -0.05) is 11.6 Å². The molecule has 1 unspecified atom stereocenters. The van der Waals surface area contributed by atoms with Crippen LogP contribution in [-0.2, 0) is 0 Å². The van der Waals surface area contributed by atoms with Crippen molar-refractivity contribution in [2.24, 2.45) is 0 Å². The third kappa shape index (κ3) is 4.31. The van der Waals surface area contributed by atoms with Crippen LogP contribution in [0.25, 0.3) is 0 Å². The largest absolute Gasteiger partial charge is 0.465 e. The highest BCUT2D eigenvalue weighted by Crippen LogP contribution is 2.28. The Morgan fingerprint density at radius 1 is 1.29 bits per heavy atom. The number of aromatic nitrogens is 3. The van der Waals surface area contributed by atoms with E-state index in [1.54, 1.807) is 12.3 Å². The van der Waals surface area contributed by atoms with Gasteiger partial charge < -0.3 is 32.1 Å². The zero-order valence-electron chi connectivity index (χ0n) is 14.7. The van der Waals surface area contributed by atoms with E-state index >= 15 is 0 Å². The number of nitrogens with zero attached hydrogens (tertiary/aromatic N) is 4. The van der Waals surface area contributed by atoms with Crippen LogP contribution >= 0.6 is 11.6 Å². The van der Waals surface area contributed by atoms with E-state index in [9.17, 15) is 9.59 Å². The van der Waals surface area contributed by atoms with Gasteiger partial charge in [0.1, 0.15) is 0 Å². The monoisotopic (exact) mass is 406 g/mol. The number of piperidine rings is 1. The van der Waals surface area contributed by atoms with Crippen LogP contribution in [0.1, 0.15) is 23.3 Å². The minimum atomic E-state index is -1.07. The standard InChI is InChI=1S/C16H19ClN8O3/c17-12-14(19)24-13(18)11(23-12)15(26)22-9-6-20-4-3-10(9)25-5-1-2-8(7-25)21-16(27)28/h3-4,6,8,21H,1-2,5,7H2,(H,22,26)(H,27,28)(H4,18,19,24). The van der Waals surface area contributed by atoms with E-state index in [1.807, 2.05) is 4.90 Å². The summed E-state index contributed by atoms with van der Waals surface area (Å²) >= 11 is 5.83. The number of halogens is 1. The van der Waals surface area contributed by atoms with Gasteiger partial charge in [0.05, 0.1) is 17.6 Å². The lowest BCUT2D eigenvalue weighted by atomic mass is 10.0. The summed E-state index contributed by atoms with van der Waals surface area (Å²) in [5.41, 5.74) is 12.2. The molecule has 2 aromatic rings. The van der Waals surface area contributed by atoms with Crippen LogP contribution in [0.3, 0.4) is 0 Å². The van der Waals surface area contributed by atoms with Crippen LogP contribution in [0, 0.1) is 0 Å². The molecular weight excluding hydrogens is 388 g/mol. The maximum Gasteiger partial charge on any atom is 0.404 e. The van der Waals surface area contributed by atoms with Gasteiger partial charge in [0.2, 0.25) is 0 Å². The van der Waals surface area contributed by atoms with Gasteiger partial charge >= 0.3 is 6.09 Å². The Morgan fingerprint density at radius 3 is 2.82 bits per heavy atom. The Bertz CT molecular complexity index is 909. The van der Waals surface area contributed by atoms with E-state index < -0.39 is 12.0 Å². The Hall–Kier alpha value is -3.34. The summed E-state index contributed by atoms with van der Waals surface area (Å²) in [6.45, 7) is 1.18. The summed E-state index contributed by atoms with van der Waals surface area (Å²) in [4.78, 5) is 37.2. The van der Waals surface area contributed by atoms with Crippen LogP contribution in [0.15, 0.2) is 18.5 Å². The summed E-state index contributed by atoms with van der Waals surface area (Å²) in [6.07, 6.45) is 3.56. The van der Waals surface area contributed by atoms with Crippen molar-refractivity contribution in [1.82, 2.24) is 20.3 Å². The second-order valence-electron chi connectivity index (χ2n) is 6.22. The van der Waals surface area contributed by atoms with Crippen molar-refractivity contribution in [3.05, 3.63) is 29.3 Å². The second-order valence-corrected chi connectivity index (χ2v) is 6.57. The molecule has 3 rings (SSSR count). The molecule has 0 bridgehead atoms. The van der Waals surface area contributed by atoms with E-state index in [-0.39, 0.29) is 28.5 Å². The molecule has 2 aromatic heterocycles. The molecule has 1 saturated heterocycles. The summed E-state index contributed by atoms with van der Waals surface area (Å²) in [5.74, 6) is -0.824. The second kappa shape index (κ2) is 8.13. The number of nitrogens with two attached hydrogens (primary N) is 2. The van der Waals surface area contributed by atoms with Crippen molar-refractivity contribution >= 4 is 46.6 Å². The van der Waals surface area contributed by atoms with Crippen LogP contribution in [0.2, 0.25) is 5.15 Å². The van der Waals surface area contributed by atoms with Crippen molar-refractivity contribution in [3.63, 3.8) is 0 Å². The third-order valence-electron chi connectivity index (χ3n) is 4.26. The number of nitrogens with one attached hydrogen (secondary N) is 2. The van der Waals surface area contributed by atoms with E-state index in [1.165, 1.54) is 6.20 Å². The van der Waals surface area contributed by atoms with Gasteiger partial charge in [-0.05, 0) is 18.9 Å².